The number of ether oxygens (including phenoxy) is 2. The minimum absolute atomic E-state index is 0. The molecule has 1 rings (SSSR count). The maximum Gasteiger partial charge on any atom is 0.342 e. The first-order valence-electron chi connectivity index (χ1n) is 5.84. The van der Waals surface area contributed by atoms with E-state index in [1.54, 1.807) is 6.07 Å². The summed E-state index contributed by atoms with van der Waals surface area (Å²) in [4.78, 5) is 11.4. The molecule has 1 aromatic carbocycles. The van der Waals surface area contributed by atoms with Crippen LogP contribution >= 0.6 is 12.4 Å². The van der Waals surface area contributed by atoms with E-state index in [-0.39, 0.29) is 35.9 Å². The number of nitriles is 1. The van der Waals surface area contributed by atoms with Gasteiger partial charge in [0.05, 0.1) is 31.4 Å². The van der Waals surface area contributed by atoms with Crippen molar-refractivity contribution in [3.8, 4) is 17.6 Å². The SMILES string of the molecule is CCOC(=O)C(F)[C@@H](N)c1c(C#N)ccc(OC)c1O.Cl. The second kappa shape index (κ2) is 8.29. The average Bonchev–Trinajstić information content (AvgIpc) is 2.45. The van der Waals surface area contributed by atoms with Crippen LogP contribution in [0.5, 0.6) is 11.5 Å². The maximum atomic E-state index is 13.9. The average molecular weight is 319 g/mol. The molecule has 0 spiro atoms. The number of halogens is 2. The number of nitrogens with zero attached hydrogens (tertiary/aromatic N) is 1. The highest BCUT2D eigenvalue weighted by molar-refractivity contribution is 5.85. The Kier molecular flexibility index (Phi) is 7.49. The number of hydrogen-bond acceptors (Lipinski definition) is 6. The number of phenols is 1. The highest BCUT2D eigenvalue weighted by Crippen LogP contribution is 2.37. The number of nitrogens with two attached hydrogens (primary N) is 1. The van der Waals surface area contributed by atoms with E-state index in [0.29, 0.717) is 0 Å². The Morgan fingerprint density at radius 3 is 2.67 bits per heavy atom. The summed E-state index contributed by atoms with van der Waals surface area (Å²) in [5, 5.41) is 18.9. The van der Waals surface area contributed by atoms with Crippen LogP contribution in [0.2, 0.25) is 0 Å². The van der Waals surface area contributed by atoms with Gasteiger partial charge in [-0.1, -0.05) is 0 Å². The molecule has 8 heteroatoms. The van der Waals surface area contributed by atoms with Crippen molar-refractivity contribution in [3.05, 3.63) is 23.3 Å². The lowest BCUT2D eigenvalue weighted by molar-refractivity contribution is -0.149. The molecule has 0 fully saturated rings. The normalized spacial score (nSPS) is 12.5. The first-order valence-corrected chi connectivity index (χ1v) is 5.84. The number of aromatic hydroxyl groups is 1. The van der Waals surface area contributed by atoms with Crippen molar-refractivity contribution in [1.82, 2.24) is 0 Å². The molecule has 0 saturated carbocycles. The molecule has 21 heavy (non-hydrogen) atoms. The molecule has 6 nitrogen and oxygen atoms in total. The van der Waals surface area contributed by atoms with Crippen LogP contribution in [0.1, 0.15) is 24.1 Å². The van der Waals surface area contributed by atoms with Gasteiger partial charge in [0.1, 0.15) is 0 Å². The molecular weight excluding hydrogens is 303 g/mol. The first kappa shape index (κ1) is 19.0. The number of carbonyl (C=O) groups excluding carboxylic acids is 1. The summed E-state index contributed by atoms with van der Waals surface area (Å²) in [6, 6.07) is 2.93. The summed E-state index contributed by atoms with van der Waals surface area (Å²) in [5.41, 5.74) is 5.40. The van der Waals surface area contributed by atoms with Crippen LogP contribution in [0, 0.1) is 11.3 Å². The molecule has 0 heterocycles. The Morgan fingerprint density at radius 2 is 2.19 bits per heavy atom. The molecule has 1 unspecified atom stereocenters. The first-order chi connectivity index (χ1) is 9.47. The van der Waals surface area contributed by atoms with Gasteiger partial charge in [-0.25, -0.2) is 9.18 Å². The number of hydrogen-bond donors (Lipinski definition) is 2. The summed E-state index contributed by atoms with van der Waals surface area (Å²) >= 11 is 0. The zero-order valence-corrected chi connectivity index (χ0v) is 12.3. The van der Waals surface area contributed by atoms with Gasteiger partial charge in [-0.15, -0.1) is 12.4 Å². The zero-order chi connectivity index (χ0) is 15.3. The fraction of sp³-hybridized carbons (Fsp3) is 0.385. The zero-order valence-electron chi connectivity index (χ0n) is 11.5. The Bertz CT molecular complexity index is 548. The van der Waals surface area contributed by atoms with Gasteiger partial charge in [-0.2, -0.15) is 5.26 Å². The van der Waals surface area contributed by atoms with Crippen LogP contribution in [-0.2, 0) is 9.53 Å². The van der Waals surface area contributed by atoms with E-state index in [0.717, 1.165) is 0 Å². The van der Waals surface area contributed by atoms with Crippen molar-refractivity contribution >= 4 is 18.4 Å². The molecule has 0 amide bonds. The predicted octanol–water partition coefficient (Wildman–Crippen LogP) is 1.60. The predicted molar refractivity (Wildman–Crippen MR) is 75.1 cm³/mol. The smallest absolute Gasteiger partial charge is 0.342 e. The number of rotatable bonds is 5. The molecule has 3 N–H and O–H groups in total. The Morgan fingerprint density at radius 1 is 1.57 bits per heavy atom. The van der Waals surface area contributed by atoms with Crippen LogP contribution in [-0.4, -0.2) is 31.0 Å². The second-order valence-electron chi connectivity index (χ2n) is 3.87. The molecule has 1 aromatic rings. The van der Waals surface area contributed by atoms with Crippen molar-refractivity contribution in [1.29, 1.82) is 5.26 Å². The van der Waals surface area contributed by atoms with Crippen LogP contribution in [0.25, 0.3) is 0 Å². The van der Waals surface area contributed by atoms with Crippen molar-refractivity contribution in [3.63, 3.8) is 0 Å². The molecule has 0 aromatic heterocycles. The lowest BCUT2D eigenvalue weighted by Crippen LogP contribution is -2.32. The Balaban J connectivity index is 0.00000400. The highest BCUT2D eigenvalue weighted by Gasteiger charge is 2.32. The van der Waals surface area contributed by atoms with E-state index >= 15 is 0 Å². The Hall–Kier alpha value is -2.04. The van der Waals surface area contributed by atoms with Crippen molar-refractivity contribution in [2.75, 3.05) is 13.7 Å². The summed E-state index contributed by atoms with van der Waals surface area (Å²) in [6.07, 6.45) is -2.19. The summed E-state index contributed by atoms with van der Waals surface area (Å²) < 4.78 is 23.3. The molecule has 0 aliphatic rings. The van der Waals surface area contributed by atoms with Gasteiger partial charge in [0, 0.05) is 5.56 Å². The molecule has 0 radical (unpaired) electrons. The van der Waals surface area contributed by atoms with Crippen molar-refractivity contribution in [2.24, 2.45) is 5.73 Å². The van der Waals surface area contributed by atoms with Gasteiger partial charge in [-0.3, -0.25) is 0 Å². The largest absolute Gasteiger partial charge is 0.504 e. The summed E-state index contributed by atoms with van der Waals surface area (Å²) in [5.74, 6) is -1.58. The Labute approximate surface area is 127 Å². The number of benzene rings is 1. The number of methoxy groups -OCH3 is 1. The minimum Gasteiger partial charge on any atom is -0.504 e. The topological polar surface area (TPSA) is 106 Å². The lowest BCUT2D eigenvalue weighted by Gasteiger charge is -2.19. The fourth-order valence-electron chi connectivity index (χ4n) is 1.70. The van der Waals surface area contributed by atoms with E-state index in [9.17, 15) is 14.3 Å². The fourth-order valence-corrected chi connectivity index (χ4v) is 1.70. The van der Waals surface area contributed by atoms with E-state index in [1.807, 2.05) is 0 Å². The second-order valence-corrected chi connectivity index (χ2v) is 3.87. The van der Waals surface area contributed by atoms with Crippen LogP contribution in [0.15, 0.2) is 12.1 Å². The van der Waals surface area contributed by atoms with Gasteiger partial charge in [-0.05, 0) is 19.1 Å². The van der Waals surface area contributed by atoms with Gasteiger partial charge < -0.3 is 20.3 Å². The van der Waals surface area contributed by atoms with Gasteiger partial charge in [0.2, 0.25) is 6.17 Å². The monoisotopic (exact) mass is 318 g/mol. The number of phenolic OH excluding ortho intramolecular Hbond substituents is 1. The lowest BCUT2D eigenvalue weighted by atomic mass is 9.96. The number of alkyl halides is 1. The van der Waals surface area contributed by atoms with E-state index in [4.69, 9.17) is 15.7 Å². The molecule has 0 aliphatic carbocycles. The summed E-state index contributed by atoms with van der Waals surface area (Å²) in [6.45, 7) is 1.53. The van der Waals surface area contributed by atoms with Gasteiger partial charge in [0.15, 0.2) is 11.5 Å². The minimum atomic E-state index is -2.19. The standard InChI is InChI=1S/C13H15FN2O4.ClH/c1-3-20-13(18)10(14)11(16)9-7(6-15)4-5-8(19-2)12(9)17;/h4-5,10-11,17H,3,16H2,1-2H3;1H/t10?,11-;/m0./s1. The van der Waals surface area contributed by atoms with Crippen molar-refractivity contribution < 1.29 is 23.8 Å². The third-order valence-electron chi connectivity index (χ3n) is 2.68. The van der Waals surface area contributed by atoms with Gasteiger partial charge in [0.25, 0.3) is 0 Å². The quantitative estimate of drug-likeness (QED) is 0.799. The van der Waals surface area contributed by atoms with E-state index in [1.165, 1.54) is 26.2 Å². The van der Waals surface area contributed by atoms with E-state index in [2.05, 4.69) is 4.74 Å². The third-order valence-corrected chi connectivity index (χ3v) is 2.68. The molecule has 0 saturated heterocycles. The van der Waals surface area contributed by atoms with Crippen LogP contribution in [0.3, 0.4) is 0 Å². The maximum absolute atomic E-state index is 13.9. The number of carbonyl (C=O) groups is 1. The van der Waals surface area contributed by atoms with Gasteiger partial charge >= 0.3 is 5.97 Å². The van der Waals surface area contributed by atoms with Crippen LogP contribution < -0.4 is 10.5 Å². The summed E-state index contributed by atoms with van der Waals surface area (Å²) in [7, 11) is 1.30. The third kappa shape index (κ3) is 3.97. The molecule has 0 aliphatic heterocycles. The van der Waals surface area contributed by atoms with Crippen LogP contribution in [0.4, 0.5) is 4.39 Å². The van der Waals surface area contributed by atoms with E-state index < -0.39 is 23.9 Å². The molecular formula is C13H16ClFN2O4. The molecule has 0 bridgehead atoms. The number of esters is 1. The highest BCUT2D eigenvalue weighted by atomic mass is 35.5. The molecule has 2 atom stereocenters. The molecule has 116 valence electrons. The van der Waals surface area contributed by atoms with Crippen molar-refractivity contribution in [2.45, 2.75) is 19.1 Å².